The van der Waals surface area contributed by atoms with Gasteiger partial charge in [-0.05, 0) is 12.1 Å². The van der Waals surface area contributed by atoms with Gasteiger partial charge in [-0.1, -0.05) is 11.6 Å². The summed E-state index contributed by atoms with van der Waals surface area (Å²) in [5.74, 6) is -0.105. The van der Waals surface area contributed by atoms with E-state index in [2.05, 4.69) is 25.1 Å². The molecule has 11 heteroatoms. The number of aliphatic hydroxyl groups is 2. The number of aromatic nitrogens is 4. The normalized spacial score (nSPS) is 9.68. The fourth-order valence-corrected chi connectivity index (χ4v) is 1.76. The Hall–Kier alpha value is -2.56. The molecular weight excluding hydrogens is 356 g/mol. The number of nitrogens with zero attached hydrogens (tertiary/aromatic N) is 4. The van der Waals surface area contributed by atoms with Gasteiger partial charge in [-0.3, -0.25) is 0 Å². The van der Waals surface area contributed by atoms with Gasteiger partial charge < -0.3 is 24.4 Å². The summed E-state index contributed by atoms with van der Waals surface area (Å²) in [6.45, 7) is -0.429. The van der Waals surface area contributed by atoms with E-state index >= 15 is 0 Å². The first-order chi connectivity index (χ1) is 12.0. The minimum absolute atomic E-state index is 0.0392. The number of aliphatic hydroxyl groups excluding tert-OH is 2. The molecule has 0 radical (unpaired) electrons. The molecule has 2 aromatic heterocycles. The molecule has 0 bridgehead atoms. The Kier molecular flexibility index (Phi) is 8.47. The molecule has 2 N–H and O–H groups in total. The minimum atomic E-state index is -0.602. The summed E-state index contributed by atoms with van der Waals surface area (Å²) in [6, 6.07) is 2.88. The van der Waals surface area contributed by atoms with Crippen molar-refractivity contribution in [1.29, 1.82) is 0 Å². The number of hydrogen-bond donors (Lipinski definition) is 2. The minimum Gasteiger partial charge on any atom is -0.480 e. The van der Waals surface area contributed by atoms with Gasteiger partial charge in [0, 0.05) is 11.1 Å². The van der Waals surface area contributed by atoms with Crippen molar-refractivity contribution in [3.05, 3.63) is 34.1 Å². The predicted molar refractivity (Wildman–Crippen MR) is 85.4 cm³/mol. The second-order valence-corrected chi connectivity index (χ2v) is 4.66. The average molecular weight is 373 g/mol. The summed E-state index contributed by atoms with van der Waals surface area (Å²) >= 11 is 5.51. The lowest BCUT2D eigenvalue weighted by Crippen LogP contribution is -2.08. The SMILES string of the molecule is COC(=O)c1cc(CO)c(OC)nn1.COc1nnc(Cl)cc1CO. The summed E-state index contributed by atoms with van der Waals surface area (Å²) in [5, 5.41) is 32.3. The third kappa shape index (κ3) is 5.78. The lowest BCUT2D eigenvalue weighted by atomic mass is 10.2. The van der Waals surface area contributed by atoms with Crippen LogP contribution in [0.5, 0.6) is 11.8 Å². The number of carbonyl (C=O) groups excluding carboxylic acids is 1. The standard InChI is InChI=1S/C8H10N2O4.C6H7ClN2O2/c1-13-7-5(4-11)3-6(9-10-7)8(12)14-2;1-11-6-4(3-10)2-5(7)8-9-6/h3,11H,4H2,1-2H3;2,10H,3H2,1H3. The van der Waals surface area contributed by atoms with E-state index in [0.29, 0.717) is 17.0 Å². The van der Waals surface area contributed by atoms with Crippen LogP contribution >= 0.6 is 11.6 Å². The molecule has 0 amide bonds. The maximum Gasteiger partial charge on any atom is 0.358 e. The fraction of sp³-hybridized carbons (Fsp3) is 0.357. The monoisotopic (exact) mass is 372 g/mol. The largest absolute Gasteiger partial charge is 0.480 e. The third-order valence-corrected chi connectivity index (χ3v) is 2.95. The molecule has 2 rings (SSSR count). The highest BCUT2D eigenvalue weighted by Crippen LogP contribution is 2.16. The number of esters is 1. The van der Waals surface area contributed by atoms with Gasteiger partial charge in [0.2, 0.25) is 11.8 Å². The number of hydrogen-bond acceptors (Lipinski definition) is 10. The first kappa shape index (κ1) is 20.5. The van der Waals surface area contributed by atoms with E-state index in [-0.39, 0.29) is 29.9 Å². The Morgan fingerprint density at radius 1 is 0.960 bits per heavy atom. The van der Waals surface area contributed by atoms with Crippen molar-refractivity contribution in [3.8, 4) is 11.8 Å². The zero-order valence-electron chi connectivity index (χ0n) is 13.8. The van der Waals surface area contributed by atoms with E-state index in [4.69, 9.17) is 31.3 Å². The first-order valence-corrected chi connectivity index (χ1v) is 7.15. The van der Waals surface area contributed by atoms with Crippen LogP contribution in [0.15, 0.2) is 12.1 Å². The molecule has 0 aromatic carbocycles. The number of methoxy groups -OCH3 is 3. The third-order valence-electron chi connectivity index (χ3n) is 2.76. The van der Waals surface area contributed by atoms with Crippen LogP contribution in [0.3, 0.4) is 0 Å². The van der Waals surface area contributed by atoms with Gasteiger partial charge >= 0.3 is 5.97 Å². The van der Waals surface area contributed by atoms with Crippen LogP contribution in [-0.2, 0) is 18.0 Å². The zero-order chi connectivity index (χ0) is 18.8. The molecule has 0 aliphatic heterocycles. The average Bonchev–Trinajstić information content (AvgIpc) is 2.67. The van der Waals surface area contributed by atoms with E-state index < -0.39 is 5.97 Å². The van der Waals surface area contributed by atoms with Crippen LogP contribution in [0.4, 0.5) is 0 Å². The van der Waals surface area contributed by atoms with Gasteiger partial charge in [0.15, 0.2) is 10.8 Å². The highest BCUT2D eigenvalue weighted by atomic mass is 35.5. The summed E-state index contributed by atoms with van der Waals surface area (Å²) in [4.78, 5) is 11.0. The molecule has 0 spiro atoms. The molecule has 2 aromatic rings. The maximum absolute atomic E-state index is 11.0. The van der Waals surface area contributed by atoms with Crippen molar-refractivity contribution in [1.82, 2.24) is 20.4 Å². The quantitative estimate of drug-likeness (QED) is 0.709. The Bertz CT molecular complexity index is 716. The van der Waals surface area contributed by atoms with E-state index in [1.807, 2.05) is 0 Å². The summed E-state index contributed by atoms with van der Waals surface area (Å²) in [7, 11) is 4.10. The van der Waals surface area contributed by atoms with E-state index in [0.717, 1.165) is 0 Å². The first-order valence-electron chi connectivity index (χ1n) is 6.77. The molecular formula is C14H17ClN4O6. The fourth-order valence-electron chi connectivity index (χ4n) is 1.59. The van der Waals surface area contributed by atoms with Crippen LogP contribution < -0.4 is 9.47 Å². The molecule has 0 unspecified atom stereocenters. The van der Waals surface area contributed by atoms with Crippen molar-refractivity contribution in [2.24, 2.45) is 0 Å². The summed E-state index contributed by atoms with van der Waals surface area (Å²) < 4.78 is 14.1. The van der Waals surface area contributed by atoms with Crippen LogP contribution in [0.25, 0.3) is 0 Å². The Morgan fingerprint density at radius 3 is 1.96 bits per heavy atom. The van der Waals surface area contributed by atoms with E-state index in [1.165, 1.54) is 33.5 Å². The van der Waals surface area contributed by atoms with Gasteiger partial charge in [0.05, 0.1) is 34.5 Å². The number of halogens is 1. The highest BCUT2D eigenvalue weighted by Gasteiger charge is 2.12. The summed E-state index contributed by atoms with van der Waals surface area (Å²) in [5.41, 5.74) is 0.966. The van der Waals surface area contributed by atoms with Crippen LogP contribution in [0.1, 0.15) is 21.6 Å². The Labute approximate surface area is 148 Å². The lowest BCUT2D eigenvalue weighted by Gasteiger charge is -2.04. The predicted octanol–water partition coefficient (Wildman–Crippen LogP) is 0.395. The van der Waals surface area contributed by atoms with Crippen LogP contribution in [-0.4, -0.2) is 57.9 Å². The van der Waals surface area contributed by atoms with Crippen molar-refractivity contribution in [3.63, 3.8) is 0 Å². The van der Waals surface area contributed by atoms with Gasteiger partial charge in [0.1, 0.15) is 0 Å². The molecule has 2 heterocycles. The number of ether oxygens (including phenoxy) is 3. The van der Waals surface area contributed by atoms with E-state index in [1.54, 1.807) is 0 Å². The molecule has 0 fully saturated rings. The molecule has 0 aliphatic rings. The van der Waals surface area contributed by atoms with Crippen molar-refractivity contribution >= 4 is 17.6 Å². The van der Waals surface area contributed by atoms with Gasteiger partial charge in [0.25, 0.3) is 0 Å². The van der Waals surface area contributed by atoms with Crippen LogP contribution in [0.2, 0.25) is 5.15 Å². The Morgan fingerprint density at radius 2 is 1.48 bits per heavy atom. The van der Waals surface area contributed by atoms with Crippen molar-refractivity contribution < 1.29 is 29.2 Å². The molecule has 0 saturated carbocycles. The lowest BCUT2D eigenvalue weighted by molar-refractivity contribution is 0.0592. The molecule has 136 valence electrons. The maximum atomic E-state index is 11.0. The van der Waals surface area contributed by atoms with Gasteiger partial charge in [-0.25, -0.2) is 4.79 Å². The van der Waals surface area contributed by atoms with Gasteiger partial charge in [-0.2, -0.15) is 0 Å². The second-order valence-electron chi connectivity index (χ2n) is 4.27. The second kappa shape index (κ2) is 10.3. The molecule has 25 heavy (non-hydrogen) atoms. The molecule has 10 nitrogen and oxygen atoms in total. The topological polar surface area (TPSA) is 137 Å². The smallest absolute Gasteiger partial charge is 0.358 e. The highest BCUT2D eigenvalue weighted by molar-refractivity contribution is 6.29. The van der Waals surface area contributed by atoms with E-state index in [9.17, 15) is 4.79 Å². The van der Waals surface area contributed by atoms with Crippen molar-refractivity contribution in [2.45, 2.75) is 13.2 Å². The number of rotatable bonds is 5. The summed E-state index contributed by atoms with van der Waals surface area (Å²) in [6.07, 6.45) is 0. The number of carbonyl (C=O) groups is 1. The molecule has 0 saturated heterocycles. The van der Waals surface area contributed by atoms with Crippen LogP contribution in [0, 0.1) is 0 Å². The van der Waals surface area contributed by atoms with Gasteiger partial charge in [-0.15, -0.1) is 20.4 Å². The molecule has 0 aliphatic carbocycles. The van der Waals surface area contributed by atoms with Crippen molar-refractivity contribution in [2.75, 3.05) is 21.3 Å². The zero-order valence-corrected chi connectivity index (χ0v) is 14.5. The Balaban J connectivity index is 0.000000257. The molecule has 0 atom stereocenters.